The summed E-state index contributed by atoms with van der Waals surface area (Å²) >= 11 is 0. The average Bonchev–Trinajstić information content (AvgIpc) is 3.02. The van der Waals surface area contributed by atoms with E-state index in [4.69, 9.17) is 4.74 Å². The van der Waals surface area contributed by atoms with Gasteiger partial charge in [0.2, 0.25) is 0 Å². The monoisotopic (exact) mass is 299 g/mol. The number of unbranched alkanes of at least 4 members (excludes halogenated alkanes) is 3. The normalized spacial score (nSPS) is 27.3. The molecule has 0 radical (unpaired) electrons. The van der Waals surface area contributed by atoms with Crippen molar-refractivity contribution in [1.29, 1.82) is 0 Å². The Hall–Kier alpha value is -1.33. The van der Waals surface area contributed by atoms with Gasteiger partial charge in [-0.2, -0.15) is 0 Å². The van der Waals surface area contributed by atoms with Gasteiger partial charge in [-0.25, -0.2) is 0 Å². The highest BCUT2D eigenvalue weighted by Crippen LogP contribution is 2.46. The number of nitrogens with zero attached hydrogens (tertiary/aromatic N) is 1. The molecule has 2 aliphatic carbocycles. The molecule has 0 bridgehead atoms. The van der Waals surface area contributed by atoms with Gasteiger partial charge in [-0.1, -0.05) is 25.7 Å². The molecule has 0 aliphatic heterocycles. The zero-order chi connectivity index (χ0) is 15.1. The predicted octanol–water partition coefficient (Wildman–Crippen LogP) is 3.12. The molecule has 0 N–H and O–H groups in total. The number of ether oxygens (including phenoxy) is 1. The molecule has 2 aliphatic rings. The van der Waals surface area contributed by atoms with Gasteiger partial charge in [0.25, 0.3) is 5.09 Å². The SMILES string of the molecule is O=C(OCCCCCCO[N+](=O)[O-])C1C[C@H]2CCC[C@H]2C1. The van der Waals surface area contributed by atoms with Crippen molar-refractivity contribution in [3.05, 3.63) is 10.1 Å². The van der Waals surface area contributed by atoms with Gasteiger partial charge in [-0.05, 0) is 43.9 Å². The molecule has 0 aromatic heterocycles. The fourth-order valence-electron chi connectivity index (χ4n) is 3.74. The van der Waals surface area contributed by atoms with Gasteiger partial charge in [-0.15, -0.1) is 10.1 Å². The molecule has 120 valence electrons. The predicted molar refractivity (Wildman–Crippen MR) is 75.9 cm³/mol. The first-order valence-electron chi connectivity index (χ1n) is 8.10. The van der Waals surface area contributed by atoms with Crippen molar-refractivity contribution in [2.45, 2.75) is 57.8 Å². The second-order valence-electron chi connectivity index (χ2n) is 6.26. The van der Waals surface area contributed by atoms with Crippen LogP contribution in [0.25, 0.3) is 0 Å². The first kappa shape index (κ1) is 16.0. The summed E-state index contributed by atoms with van der Waals surface area (Å²) in [5, 5.41) is 9.17. The highest BCUT2D eigenvalue weighted by Gasteiger charge is 2.40. The Bertz CT molecular complexity index is 348. The molecule has 2 fully saturated rings. The third-order valence-electron chi connectivity index (χ3n) is 4.80. The smallest absolute Gasteiger partial charge is 0.308 e. The van der Waals surface area contributed by atoms with E-state index in [0.717, 1.165) is 43.9 Å². The van der Waals surface area contributed by atoms with Gasteiger partial charge < -0.3 is 9.57 Å². The molecule has 1 unspecified atom stereocenters. The Morgan fingerprint density at radius 2 is 1.67 bits per heavy atom. The lowest BCUT2D eigenvalue weighted by molar-refractivity contribution is -0.757. The van der Waals surface area contributed by atoms with Crippen molar-refractivity contribution in [1.82, 2.24) is 0 Å². The van der Waals surface area contributed by atoms with Crippen molar-refractivity contribution in [2.24, 2.45) is 17.8 Å². The fraction of sp³-hybridized carbons (Fsp3) is 0.933. The third-order valence-corrected chi connectivity index (χ3v) is 4.80. The zero-order valence-electron chi connectivity index (χ0n) is 12.5. The summed E-state index contributed by atoms with van der Waals surface area (Å²) < 4.78 is 5.36. The van der Waals surface area contributed by atoms with Crippen LogP contribution >= 0.6 is 0 Å². The van der Waals surface area contributed by atoms with Crippen LogP contribution in [-0.2, 0) is 14.4 Å². The van der Waals surface area contributed by atoms with Gasteiger partial charge in [0.1, 0.15) is 0 Å². The number of fused-ring (bicyclic) bond motifs is 1. The second kappa shape index (κ2) is 8.20. The summed E-state index contributed by atoms with van der Waals surface area (Å²) in [5.41, 5.74) is 0. The van der Waals surface area contributed by atoms with Gasteiger partial charge in [-0.3, -0.25) is 4.79 Å². The standard InChI is InChI=1S/C15H25NO5/c17-15(14-10-12-6-5-7-13(12)11-14)20-8-3-1-2-4-9-21-16(18)19/h12-14H,1-11H2/t12-,13+,14?. The minimum atomic E-state index is -0.765. The van der Waals surface area contributed by atoms with Crippen molar-refractivity contribution in [3.63, 3.8) is 0 Å². The molecular weight excluding hydrogens is 274 g/mol. The third kappa shape index (κ3) is 5.17. The van der Waals surface area contributed by atoms with E-state index in [1.807, 2.05) is 0 Å². The van der Waals surface area contributed by atoms with Crippen molar-refractivity contribution in [2.75, 3.05) is 13.2 Å². The maximum absolute atomic E-state index is 12.0. The lowest BCUT2D eigenvalue weighted by Crippen LogP contribution is -2.16. The first-order valence-corrected chi connectivity index (χ1v) is 8.10. The zero-order valence-corrected chi connectivity index (χ0v) is 12.5. The van der Waals surface area contributed by atoms with Crippen LogP contribution in [0, 0.1) is 27.9 Å². The Balaban J connectivity index is 1.46. The first-order chi connectivity index (χ1) is 10.2. The molecule has 6 nitrogen and oxygen atoms in total. The van der Waals surface area contributed by atoms with Crippen LogP contribution in [0.5, 0.6) is 0 Å². The summed E-state index contributed by atoms with van der Waals surface area (Å²) in [6.07, 6.45) is 9.23. The largest absolute Gasteiger partial charge is 0.465 e. The van der Waals surface area contributed by atoms with E-state index >= 15 is 0 Å². The lowest BCUT2D eigenvalue weighted by Gasteiger charge is -2.11. The molecule has 0 saturated heterocycles. The van der Waals surface area contributed by atoms with E-state index in [0.29, 0.717) is 13.0 Å². The quantitative estimate of drug-likeness (QED) is 0.283. The Kier molecular flexibility index (Phi) is 6.26. The second-order valence-corrected chi connectivity index (χ2v) is 6.26. The van der Waals surface area contributed by atoms with Crippen LogP contribution in [0.4, 0.5) is 0 Å². The van der Waals surface area contributed by atoms with E-state index < -0.39 is 5.09 Å². The van der Waals surface area contributed by atoms with Gasteiger partial charge in [0.05, 0.1) is 19.1 Å². The molecule has 3 atom stereocenters. The minimum Gasteiger partial charge on any atom is -0.465 e. The Morgan fingerprint density at radius 3 is 2.29 bits per heavy atom. The molecule has 6 heteroatoms. The molecule has 0 aromatic carbocycles. The summed E-state index contributed by atoms with van der Waals surface area (Å²) in [6, 6.07) is 0. The van der Waals surface area contributed by atoms with Crippen molar-refractivity contribution in [3.8, 4) is 0 Å². The molecule has 2 saturated carbocycles. The Morgan fingerprint density at radius 1 is 1.05 bits per heavy atom. The molecule has 21 heavy (non-hydrogen) atoms. The molecule has 2 rings (SSSR count). The topological polar surface area (TPSA) is 78.7 Å². The van der Waals surface area contributed by atoms with E-state index in [2.05, 4.69) is 4.84 Å². The minimum absolute atomic E-state index is 0.0129. The van der Waals surface area contributed by atoms with Crippen molar-refractivity contribution >= 4 is 5.97 Å². The highest BCUT2D eigenvalue weighted by atomic mass is 16.9. The number of carbonyl (C=O) groups excluding carboxylic acids is 1. The van der Waals surface area contributed by atoms with E-state index in [1.54, 1.807) is 0 Å². The summed E-state index contributed by atoms with van der Waals surface area (Å²) in [4.78, 5) is 26.1. The Labute approximate surface area is 125 Å². The number of carbonyl (C=O) groups is 1. The number of hydrogen-bond acceptors (Lipinski definition) is 5. The van der Waals surface area contributed by atoms with Gasteiger partial charge in [0, 0.05) is 0 Å². The molecule has 0 spiro atoms. The molecule has 0 aromatic rings. The summed E-state index contributed by atoms with van der Waals surface area (Å²) in [6.45, 7) is 0.623. The van der Waals surface area contributed by atoms with Gasteiger partial charge >= 0.3 is 5.97 Å². The van der Waals surface area contributed by atoms with Gasteiger partial charge in [0.15, 0.2) is 0 Å². The fourth-order valence-corrected chi connectivity index (χ4v) is 3.74. The van der Waals surface area contributed by atoms with Crippen LogP contribution in [0.2, 0.25) is 0 Å². The van der Waals surface area contributed by atoms with E-state index in [9.17, 15) is 14.9 Å². The number of hydrogen-bond donors (Lipinski definition) is 0. The molecule has 0 amide bonds. The molecular formula is C15H25NO5. The van der Waals surface area contributed by atoms with Crippen LogP contribution < -0.4 is 0 Å². The average molecular weight is 299 g/mol. The maximum Gasteiger partial charge on any atom is 0.308 e. The van der Waals surface area contributed by atoms with Crippen molar-refractivity contribution < 1.29 is 19.5 Å². The van der Waals surface area contributed by atoms with E-state index in [1.165, 1.54) is 19.3 Å². The molecule has 0 heterocycles. The van der Waals surface area contributed by atoms with Crippen LogP contribution in [0.1, 0.15) is 57.8 Å². The highest BCUT2D eigenvalue weighted by molar-refractivity contribution is 5.72. The number of rotatable bonds is 9. The number of esters is 1. The van der Waals surface area contributed by atoms with Crippen LogP contribution in [0.15, 0.2) is 0 Å². The van der Waals surface area contributed by atoms with Crippen LogP contribution in [0.3, 0.4) is 0 Å². The van der Waals surface area contributed by atoms with E-state index in [-0.39, 0.29) is 18.5 Å². The summed E-state index contributed by atoms with van der Waals surface area (Å²) in [7, 11) is 0. The maximum atomic E-state index is 12.0. The summed E-state index contributed by atoms with van der Waals surface area (Å²) in [5.74, 6) is 1.66. The van der Waals surface area contributed by atoms with Crippen LogP contribution in [-0.4, -0.2) is 24.3 Å². The lowest BCUT2D eigenvalue weighted by atomic mass is 10.0.